The molecule has 0 radical (unpaired) electrons. The first kappa shape index (κ1) is 20.0. The van der Waals surface area contributed by atoms with E-state index in [0.717, 1.165) is 22.1 Å². The third kappa shape index (κ3) is 3.64. The number of thiophene rings is 1. The van der Waals surface area contributed by atoms with Gasteiger partial charge in [-0.2, -0.15) is 0 Å². The molecule has 6 nitrogen and oxygen atoms in total. The molecular formula is C23H20N2O4S. The van der Waals surface area contributed by atoms with Gasteiger partial charge >= 0.3 is 5.97 Å². The van der Waals surface area contributed by atoms with Gasteiger partial charge in [-0.3, -0.25) is 14.2 Å². The lowest BCUT2D eigenvalue weighted by atomic mass is 10.0. The van der Waals surface area contributed by atoms with E-state index in [1.54, 1.807) is 26.8 Å². The number of aromatic nitrogens is 2. The van der Waals surface area contributed by atoms with Crippen molar-refractivity contribution in [3.05, 3.63) is 75.1 Å². The summed E-state index contributed by atoms with van der Waals surface area (Å²) in [5, 5.41) is 2.36. The van der Waals surface area contributed by atoms with E-state index >= 15 is 0 Å². The van der Waals surface area contributed by atoms with Crippen LogP contribution < -0.4 is 5.56 Å². The number of hydrogen-bond donors (Lipinski definition) is 0. The van der Waals surface area contributed by atoms with Gasteiger partial charge < -0.3 is 4.74 Å². The van der Waals surface area contributed by atoms with Crippen molar-refractivity contribution >= 4 is 44.1 Å². The number of benzene rings is 2. The number of aryl methyl sites for hydroxylation is 1. The Morgan fingerprint density at radius 1 is 1.13 bits per heavy atom. The highest BCUT2D eigenvalue weighted by atomic mass is 32.1. The van der Waals surface area contributed by atoms with Crippen molar-refractivity contribution in [1.29, 1.82) is 0 Å². The summed E-state index contributed by atoms with van der Waals surface area (Å²) < 4.78 is 6.54. The van der Waals surface area contributed by atoms with Crippen LogP contribution in [-0.2, 0) is 11.3 Å². The fraction of sp³-hybridized carbons (Fsp3) is 0.217. The fourth-order valence-corrected chi connectivity index (χ4v) is 4.37. The van der Waals surface area contributed by atoms with E-state index in [-0.39, 0.29) is 24.0 Å². The molecular weight excluding hydrogens is 400 g/mol. The van der Waals surface area contributed by atoms with Crippen LogP contribution in [0.4, 0.5) is 0 Å². The zero-order chi connectivity index (χ0) is 21.4. The minimum Gasteiger partial charge on any atom is -0.459 e. The molecule has 0 bridgehead atoms. The standard InChI is InChI=1S/C23H20N2O4S/c1-13(2)29-23(28)20-14(3)19-21(30-20)24-12-25(22(19)27)11-18(26)17-9-8-15-6-4-5-7-16(15)10-17/h4-10,12-13H,11H2,1-3H3. The summed E-state index contributed by atoms with van der Waals surface area (Å²) in [6.07, 6.45) is 1.10. The summed E-state index contributed by atoms with van der Waals surface area (Å²) >= 11 is 1.13. The molecule has 0 fully saturated rings. The van der Waals surface area contributed by atoms with E-state index < -0.39 is 5.97 Å². The number of fused-ring (bicyclic) bond motifs is 2. The van der Waals surface area contributed by atoms with E-state index in [2.05, 4.69) is 4.98 Å². The fourth-order valence-electron chi connectivity index (χ4n) is 3.34. The van der Waals surface area contributed by atoms with Crippen molar-refractivity contribution in [3.8, 4) is 0 Å². The van der Waals surface area contributed by atoms with Gasteiger partial charge in [-0.1, -0.05) is 36.4 Å². The van der Waals surface area contributed by atoms with Crippen molar-refractivity contribution in [1.82, 2.24) is 9.55 Å². The number of ether oxygens (including phenoxy) is 1. The second-order valence-electron chi connectivity index (χ2n) is 7.35. The highest BCUT2D eigenvalue weighted by molar-refractivity contribution is 7.20. The number of rotatable bonds is 5. The van der Waals surface area contributed by atoms with Crippen molar-refractivity contribution in [2.45, 2.75) is 33.4 Å². The summed E-state index contributed by atoms with van der Waals surface area (Å²) in [5.41, 5.74) is 0.723. The summed E-state index contributed by atoms with van der Waals surface area (Å²) in [6, 6.07) is 13.3. The highest BCUT2D eigenvalue weighted by Gasteiger charge is 2.22. The van der Waals surface area contributed by atoms with Gasteiger partial charge in [0.15, 0.2) is 5.78 Å². The van der Waals surface area contributed by atoms with Gasteiger partial charge in [0.25, 0.3) is 5.56 Å². The number of ketones is 1. The molecule has 0 amide bonds. The molecule has 0 aliphatic rings. The maximum atomic E-state index is 13.0. The zero-order valence-electron chi connectivity index (χ0n) is 16.8. The van der Waals surface area contributed by atoms with Crippen molar-refractivity contribution in [2.24, 2.45) is 0 Å². The molecule has 7 heteroatoms. The van der Waals surface area contributed by atoms with E-state index in [0.29, 0.717) is 26.2 Å². The number of nitrogens with zero attached hydrogens (tertiary/aromatic N) is 2. The molecule has 30 heavy (non-hydrogen) atoms. The summed E-state index contributed by atoms with van der Waals surface area (Å²) in [5.74, 6) is -0.653. The topological polar surface area (TPSA) is 78.3 Å². The molecule has 4 rings (SSSR count). The number of carbonyl (C=O) groups is 2. The van der Waals surface area contributed by atoms with E-state index in [4.69, 9.17) is 4.74 Å². The molecule has 0 N–H and O–H groups in total. The Morgan fingerprint density at radius 3 is 2.60 bits per heavy atom. The van der Waals surface area contributed by atoms with Crippen LogP contribution in [0.1, 0.15) is 39.4 Å². The molecule has 0 aliphatic carbocycles. The maximum absolute atomic E-state index is 13.0. The van der Waals surface area contributed by atoms with Crippen LogP contribution in [0, 0.1) is 6.92 Å². The molecule has 0 spiro atoms. The minimum absolute atomic E-state index is 0.124. The average Bonchev–Trinajstić information content (AvgIpc) is 3.06. The van der Waals surface area contributed by atoms with Crippen LogP contribution in [0.15, 0.2) is 53.6 Å². The van der Waals surface area contributed by atoms with Crippen LogP contribution in [-0.4, -0.2) is 27.4 Å². The minimum atomic E-state index is -0.469. The van der Waals surface area contributed by atoms with Gasteiger partial charge in [0, 0.05) is 5.56 Å². The van der Waals surface area contributed by atoms with Gasteiger partial charge in [-0.25, -0.2) is 9.78 Å². The smallest absolute Gasteiger partial charge is 0.348 e. The predicted molar refractivity (Wildman–Crippen MR) is 117 cm³/mol. The Labute approximate surface area is 176 Å². The summed E-state index contributed by atoms with van der Waals surface area (Å²) in [4.78, 5) is 43.3. The van der Waals surface area contributed by atoms with Crippen LogP contribution in [0.25, 0.3) is 21.0 Å². The first-order valence-corrected chi connectivity index (χ1v) is 10.4. The van der Waals surface area contributed by atoms with E-state index in [9.17, 15) is 14.4 Å². The molecule has 2 aromatic carbocycles. The normalized spacial score (nSPS) is 11.3. The Hall–Kier alpha value is -3.32. The van der Waals surface area contributed by atoms with Gasteiger partial charge in [-0.15, -0.1) is 11.3 Å². The third-order valence-corrected chi connectivity index (χ3v) is 6.01. The Morgan fingerprint density at radius 2 is 1.87 bits per heavy atom. The number of Topliss-reactive ketones (excluding diaryl/α,β-unsaturated/α-hetero) is 1. The molecule has 0 saturated heterocycles. The SMILES string of the molecule is Cc1c(C(=O)OC(C)C)sc2ncn(CC(=O)c3ccc4ccccc4c3)c(=O)c12. The Bertz CT molecular complexity index is 1350. The van der Waals surface area contributed by atoms with E-state index in [1.165, 1.54) is 10.9 Å². The lowest BCUT2D eigenvalue weighted by Gasteiger charge is -2.07. The Balaban J connectivity index is 1.68. The first-order chi connectivity index (χ1) is 14.3. The number of esters is 1. The zero-order valence-corrected chi connectivity index (χ0v) is 17.7. The van der Waals surface area contributed by atoms with Crippen molar-refractivity contribution in [2.75, 3.05) is 0 Å². The van der Waals surface area contributed by atoms with Crippen molar-refractivity contribution < 1.29 is 14.3 Å². The van der Waals surface area contributed by atoms with Gasteiger partial charge in [-0.05, 0) is 43.2 Å². The molecule has 0 unspecified atom stereocenters. The first-order valence-electron chi connectivity index (χ1n) is 9.56. The maximum Gasteiger partial charge on any atom is 0.348 e. The van der Waals surface area contributed by atoms with Crippen LogP contribution >= 0.6 is 11.3 Å². The second-order valence-corrected chi connectivity index (χ2v) is 8.35. The van der Waals surface area contributed by atoms with Crippen LogP contribution in [0.2, 0.25) is 0 Å². The van der Waals surface area contributed by atoms with Gasteiger partial charge in [0.2, 0.25) is 0 Å². The predicted octanol–water partition coefficient (Wildman–Crippen LogP) is 4.37. The third-order valence-electron chi connectivity index (χ3n) is 4.83. The molecule has 0 atom stereocenters. The molecule has 0 saturated carbocycles. The lowest BCUT2D eigenvalue weighted by molar-refractivity contribution is 0.0383. The summed E-state index contributed by atoms with van der Waals surface area (Å²) in [7, 11) is 0. The van der Waals surface area contributed by atoms with E-state index in [1.807, 2.05) is 36.4 Å². The van der Waals surface area contributed by atoms with Crippen molar-refractivity contribution in [3.63, 3.8) is 0 Å². The summed E-state index contributed by atoms with van der Waals surface area (Å²) in [6.45, 7) is 5.11. The molecule has 2 aromatic heterocycles. The lowest BCUT2D eigenvalue weighted by Crippen LogP contribution is -2.24. The number of hydrogen-bond acceptors (Lipinski definition) is 6. The molecule has 2 heterocycles. The van der Waals surface area contributed by atoms with Crippen LogP contribution in [0.5, 0.6) is 0 Å². The highest BCUT2D eigenvalue weighted by Crippen LogP contribution is 2.27. The quantitative estimate of drug-likeness (QED) is 0.354. The van der Waals surface area contributed by atoms with Crippen LogP contribution in [0.3, 0.4) is 0 Å². The number of carbonyl (C=O) groups excluding carboxylic acids is 2. The van der Waals surface area contributed by atoms with Gasteiger partial charge in [0.05, 0.1) is 24.4 Å². The molecule has 0 aliphatic heterocycles. The average molecular weight is 420 g/mol. The molecule has 4 aromatic rings. The van der Waals surface area contributed by atoms with Gasteiger partial charge in [0.1, 0.15) is 9.71 Å². The monoisotopic (exact) mass is 420 g/mol. The largest absolute Gasteiger partial charge is 0.459 e. The molecule has 152 valence electrons. The Kier molecular flexibility index (Phi) is 5.22. The second kappa shape index (κ2) is 7.84.